The number of primary amides is 1. The largest absolute Gasteiger partial charge is 0.508 e. The first-order valence-corrected chi connectivity index (χ1v) is 11.6. The predicted molar refractivity (Wildman–Crippen MR) is 127 cm³/mol. The molecule has 1 aromatic rings. The van der Waals surface area contributed by atoms with Crippen molar-refractivity contribution in [1.82, 2.24) is 15.5 Å². The number of nitrogens with two attached hydrogens (primary N) is 2. The summed E-state index contributed by atoms with van der Waals surface area (Å²) in [4.78, 5) is 73.5. The maximum absolute atomic E-state index is 13.1. The number of carbonyl (C=O) groups excluding carboxylic acids is 4. The van der Waals surface area contributed by atoms with Gasteiger partial charge < -0.3 is 42.3 Å². The standard InChI is InChI=1S/C23H31N5O9/c24-14(10-12-3-5-13(29)6-4-12)22(35)28-9-1-2-17(28)21(34)26-15(7-8-18(25)30)20(33)27-16(23(36)37)11-19(31)32/h3-6,14-17,29H,1-2,7-11,24H2,(H2,25,30)(H,26,34)(H,27,33)(H,31,32)(H,36,37). The molecule has 1 heterocycles. The van der Waals surface area contributed by atoms with Crippen LogP contribution < -0.4 is 22.1 Å². The highest BCUT2D eigenvalue weighted by Gasteiger charge is 2.38. The Bertz CT molecular complexity index is 1030. The Labute approximate surface area is 212 Å². The Hall–Kier alpha value is -4.20. The lowest BCUT2D eigenvalue weighted by Crippen LogP contribution is -2.57. The monoisotopic (exact) mass is 521 g/mol. The number of phenols is 1. The smallest absolute Gasteiger partial charge is 0.326 e. The lowest BCUT2D eigenvalue weighted by molar-refractivity contribution is -0.147. The van der Waals surface area contributed by atoms with Crippen molar-refractivity contribution in [2.75, 3.05) is 6.54 Å². The van der Waals surface area contributed by atoms with E-state index in [1.807, 2.05) is 5.32 Å². The van der Waals surface area contributed by atoms with Crippen molar-refractivity contribution in [3.63, 3.8) is 0 Å². The zero-order valence-corrected chi connectivity index (χ0v) is 20.0. The van der Waals surface area contributed by atoms with Crippen molar-refractivity contribution in [2.45, 2.75) is 62.7 Å². The van der Waals surface area contributed by atoms with Crippen LogP contribution in [-0.2, 0) is 35.2 Å². The van der Waals surface area contributed by atoms with E-state index in [0.29, 0.717) is 12.0 Å². The number of benzene rings is 1. The summed E-state index contributed by atoms with van der Waals surface area (Å²) in [6, 6.07) is 1.05. The molecule has 2 rings (SSSR count). The van der Waals surface area contributed by atoms with Gasteiger partial charge in [-0.1, -0.05) is 12.1 Å². The Morgan fingerprint density at radius 3 is 2.24 bits per heavy atom. The van der Waals surface area contributed by atoms with Gasteiger partial charge in [0.2, 0.25) is 23.6 Å². The van der Waals surface area contributed by atoms with Gasteiger partial charge in [0, 0.05) is 13.0 Å². The number of nitrogens with one attached hydrogen (secondary N) is 2. The van der Waals surface area contributed by atoms with E-state index in [-0.39, 0.29) is 38.0 Å². The van der Waals surface area contributed by atoms with Gasteiger partial charge in [-0.15, -0.1) is 0 Å². The van der Waals surface area contributed by atoms with Gasteiger partial charge >= 0.3 is 11.9 Å². The zero-order chi connectivity index (χ0) is 27.7. The molecule has 1 saturated heterocycles. The van der Waals surface area contributed by atoms with E-state index in [9.17, 15) is 39.0 Å². The van der Waals surface area contributed by atoms with Crippen molar-refractivity contribution in [3.05, 3.63) is 29.8 Å². The molecule has 1 aliphatic heterocycles. The summed E-state index contributed by atoms with van der Waals surface area (Å²) in [6.45, 7) is 0.248. The predicted octanol–water partition coefficient (Wildman–Crippen LogP) is -1.95. The average molecular weight is 522 g/mol. The fourth-order valence-electron chi connectivity index (χ4n) is 3.96. The molecule has 202 valence electrons. The van der Waals surface area contributed by atoms with Gasteiger partial charge in [-0.25, -0.2) is 4.79 Å². The molecule has 37 heavy (non-hydrogen) atoms. The van der Waals surface area contributed by atoms with Gasteiger partial charge in [-0.2, -0.15) is 0 Å². The summed E-state index contributed by atoms with van der Waals surface area (Å²) in [6.07, 6.45) is -0.555. The van der Waals surface area contributed by atoms with E-state index < -0.39 is 66.2 Å². The van der Waals surface area contributed by atoms with E-state index in [4.69, 9.17) is 16.6 Å². The zero-order valence-electron chi connectivity index (χ0n) is 20.0. The summed E-state index contributed by atoms with van der Waals surface area (Å²) in [7, 11) is 0. The second kappa shape index (κ2) is 13.2. The number of likely N-dealkylation sites (tertiary alicyclic amines) is 1. The van der Waals surface area contributed by atoms with Crippen LogP contribution in [0.5, 0.6) is 5.75 Å². The van der Waals surface area contributed by atoms with Crippen LogP contribution in [0.4, 0.5) is 0 Å². The average Bonchev–Trinajstić information content (AvgIpc) is 3.31. The molecule has 14 nitrogen and oxygen atoms in total. The van der Waals surface area contributed by atoms with Crippen molar-refractivity contribution in [1.29, 1.82) is 0 Å². The van der Waals surface area contributed by atoms with Gasteiger partial charge in [0.15, 0.2) is 0 Å². The van der Waals surface area contributed by atoms with Crippen LogP contribution in [0, 0.1) is 0 Å². The van der Waals surface area contributed by atoms with Crippen molar-refractivity contribution in [2.24, 2.45) is 11.5 Å². The maximum Gasteiger partial charge on any atom is 0.326 e. The molecule has 0 radical (unpaired) electrons. The fourth-order valence-corrected chi connectivity index (χ4v) is 3.96. The molecule has 14 heteroatoms. The number of carboxylic acids is 2. The minimum atomic E-state index is -1.76. The van der Waals surface area contributed by atoms with Crippen LogP contribution in [0.1, 0.15) is 37.7 Å². The van der Waals surface area contributed by atoms with Gasteiger partial charge in [-0.3, -0.25) is 24.0 Å². The molecule has 4 unspecified atom stereocenters. The van der Waals surface area contributed by atoms with Crippen molar-refractivity contribution < 1.29 is 44.1 Å². The molecule has 4 amide bonds. The van der Waals surface area contributed by atoms with E-state index in [2.05, 4.69) is 5.32 Å². The van der Waals surface area contributed by atoms with Crippen LogP contribution >= 0.6 is 0 Å². The number of phenolic OH excluding ortho intramolecular Hbond substituents is 1. The third-order valence-corrected chi connectivity index (χ3v) is 5.85. The van der Waals surface area contributed by atoms with Crippen molar-refractivity contribution >= 4 is 35.6 Å². The number of aromatic hydroxyl groups is 1. The molecule has 4 atom stereocenters. The minimum absolute atomic E-state index is 0.0625. The number of amides is 4. The summed E-state index contributed by atoms with van der Waals surface area (Å²) in [5, 5.41) is 31.9. The number of carboxylic acid groups (broad SMARTS) is 2. The molecule has 1 aromatic carbocycles. The molecular weight excluding hydrogens is 490 g/mol. The summed E-state index contributed by atoms with van der Waals surface area (Å²) in [5.41, 5.74) is 11.9. The molecule has 1 aliphatic rings. The topological polar surface area (TPSA) is 242 Å². The number of hydrogen-bond donors (Lipinski definition) is 7. The molecule has 0 saturated carbocycles. The Morgan fingerprint density at radius 1 is 1.03 bits per heavy atom. The number of aliphatic carboxylic acids is 2. The molecule has 1 fully saturated rings. The Balaban J connectivity index is 2.10. The lowest BCUT2D eigenvalue weighted by atomic mass is 10.0. The number of nitrogens with zero attached hydrogens (tertiary/aromatic N) is 1. The normalized spacial score (nSPS) is 17.3. The first-order chi connectivity index (χ1) is 17.4. The van der Waals surface area contributed by atoms with Gasteiger partial charge in [0.1, 0.15) is 23.9 Å². The Morgan fingerprint density at radius 2 is 1.68 bits per heavy atom. The van der Waals surface area contributed by atoms with E-state index in [0.717, 1.165) is 0 Å². The third-order valence-electron chi connectivity index (χ3n) is 5.85. The second-order valence-corrected chi connectivity index (χ2v) is 8.73. The SMILES string of the molecule is NC(=O)CCC(NC(=O)C1CCCN1C(=O)C(N)Cc1ccc(O)cc1)C(=O)NC(CC(=O)O)C(=O)O. The first kappa shape index (κ1) is 29.0. The number of hydrogen-bond acceptors (Lipinski definition) is 8. The summed E-state index contributed by atoms with van der Waals surface area (Å²) >= 11 is 0. The van der Waals surface area contributed by atoms with E-state index >= 15 is 0 Å². The molecule has 0 aliphatic carbocycles. The quantitative estimate of drug-likeness (QED) is 0.151. The van der Waals surface area contributed by atoms with Crippen LogP contribution in [0.3, 0.4) is 0 Å². The van der Waals surface area contributed by atoms with Gasteiger partial charge in [0.05, 0.1) is 12.5 Å². The minimum Gasteiger partial charge on any atom is -0.508 e. The lowest BCUT2D eigenvalue weighted by Gasteiger charge is -2.28. The van der Waals surface area contributed by atoms with Crippen LogP contribution in [0.15, 0.2) is 24.3 Å². The molecular formula is C23H31N5O9. The first-order valence-electron chi connectivity index (χ1n) is 11.6. The van der Waals surface area contributed by atoms with Crippen LogP contribution in [0.25, 0.3) is 0 Å². The fraction of sp³-hybridized carbons (Fsp3) is 0.478. The number of rotatable bonds is 13. The van der Waals surface area contributed by atoms with Gasteiger partial charge in [0.25, 0.3) is 0 Å². The summed E-state index contributed by atoms with van der Waals surface area (Å²) in [5.74, 6) is -5.98. The third kappa shape index (κ3) is 8.75. The highest BCUT2D eigenvalue weighted by Crippen LogP contribution is 2.20. The van der Waals surface area contributed by atoms with E-state index in [1.54, 1.807) is 12.1 Å². The summed E-state index contributed by atoms with van der Waals surface area (Å²) < 4.78 is 0. The highest BCUT2D eigenvalue weighted by atomic mass is 16.4. The molecule has 9 N–H and O–H groups in total. The van der Waals surface area contributed by atoms with Gasteiger partial charge in [-0.05, 0) is 43.4 Å². The molecule has 0 spiro atoms. The molecule has 0 bridgehead atoms. The highest BCUT2D eigenvalue weighted by molar-refractivity contribution is 5.95. The Kier molecular flexibility index (Phi) is 10.4. The molecule has 0 aromatic heterocycles. The maximum atomic E-state index is 13.1. The van der Waals surface area contributed by atoms with Crippen LogP contribution in [0.2, 0.25) is 0 Å². The second-order valence-electron chi connectivity index (χ2n) is 8.73. The van der Waals surface area contributed by atoms with E-state index in [1.165, 1.54) is 17.0 Å². The van der Waals surface area contributed by atoms with Crippen LogP contribution in [-0.4, -0.2) is 86.5 Å². The number of carbonyl (C=O) groups is 6. The van der Waals surface area contributed by atoms with Crippen molar-refractivity contribution in [3.8, 4) is 5.75 Å².